The number of hydrogen-bond acceptors (Lipinski definition) is 3. The summed E-state index contributed by atoms with van der Waals surface area (Å²) in [7, 11) is -1.81. The summed E-state index contributed by atoms with van der Waals surface area (Å²) in [5.41, 5.74) is 2.62. The maximum atomic E-state index is 6.44. The molecule has 0 aliphatic carbocycles. The second kappa shape index (κ2) is 11.0. The monoisotopic (exact) mass is 427 g/mol. The van der Waals surface area contributed by atoms with Crippen molar-refractivity contribution >= 4 is 20.1 Å². The molecule has 4 heteroatoms. The van der Waals surface area contributed by atoms with Gasteiger partial charge in [-0.05, 0) is 35.0 Å². The van der Waals surface area contributed by atoms with Crippen molar-refractivity contribution < 1.29 is 4.43 Å². The molecule has 0 fully saturated rings. The van der Waals surface area contributed by atoms with E-state index in [0.717, 1.165) is 18.7 Å². The molecular formula is C25H37NOSSi. The Morgan fingerprint density at radius 1 is 1.03 bits per heavy atom. The van der Waals surface area contributed by atoms with Crippen molar-refractivity contribution in [3.05, 3.63) is 83.0 Å². The summed E-state index contributed by atoms with van der Waals surface area (Å²) in [6.07, 6.45) is 3.00. The van der Waals surface area contributed by atoms with Crippen molar-refractivity contribution in [2.24, 2.45) is 0 Å². The molecule has 0 saturated carbocycles. The first-order valence-electron chi connectivity index (χ1n) is 10.5. The van der Waals surface area contributed by atoms with Gasteiger partial charge >= 0.3 is 0 Å². The highest BCUT2D eigenvalue weighted by molar-refractivity contribution is 8.03. The molecule has 0 aliphatic rings. The molecule has 0 amide bonds. The zero-order valence-electron chi connectivity index (χ0n) is 18.9. The Morgan fingerprint density at radius 3 is 2.17 bits per heavy atom. The second-order valence-electron chi connectivity index (χ2n) is 8.93. The van der Waals surface area contributed by atoms with Gasteiger partial charge in [-0.1, -0.05) is 88.4 Å². The molecule has 1 atom stereocenters. The van der Waals surface area contributed by atoms with Crippen LogP contribution in [0, 0.1) is 0 Å². The third-order valence-electron chi connectivity index (χ3n) is 5.62. The van der Waals surface area contributed by atoms with Gasteiger partial charge in [-0.25, -0.2) is 0 Å². The van der Waals surface area contributed by atoms with E-state index >= 15 is 0 Å². The van der Waals surface area contributed by atoms with Crippen molar-refractivity contribution in [3.63, 3.8) is 0 Å². The number of nitrogens with one attached hydrogen (secondary N) is 1. The topological polar surface area (TPSA) is 21.3 Å². The Labute approximate surface area is 183 Å². The van der Waals surface area contributed by atoms with Gasteiger partial charge in [0.15, 0.2) is 0 Å². The van der Waals surface area contributed by atoms with E-state index in [-0.39, 0.29) is 11.1 Å². The van der Waals surface area contributed by atoms with E-state index in [2.05, 4.69) is 113 Å². The predicted octanol–water partition coefficient (Wildman–Crippen LogP) is 7.52. The normalized spacial score (nSPS) is 13.9. The summed E-state index contributed by atoms with van der Waals surface area (Å²) in [6.45, 7) is 14.5. The molecule has 2 aromatic rings. The van der Waals surface area contributed by atoms with Crippen LogP contribution in [0.5, 0.6) is 0 Å². The minimum absolute atomic E-state index is 0.204. The first kappa shape index (κ1) is 23.8. The lowest BCUT2D eigenvalue weighted by atomic mass is 10.0. The fraction of sp³-hybridized carbons (Fsp3) is 0.440. The average Bonchev–Trinajstić information content (AvgIpc) is 2.70. The molecular weight excluding hydrogens is 390 g/mol. The van der Waals surface area contributed by atoms with Crippen molar-refractivity contribution in [2.45, 2.75) is 64.8 Å². The van der Waals surface area contributed by atoms with Crippen LogP contribution in [0.25, 0.3) is 0 Å². The van der Waals surface area contributed by atoms with E-state index in [1.54, 1.807) is 0 Å². The molecule has 0 spiro atoms. The molecule has 158 valence electrons. The van der Waals surface area contributed by atoms with E-state index in [1.165, 1.54) is 16.0 Å². The highest BCUT2D eigenvalue weighted by Crippen LogP contribution is 2.38. The van der Waals surface area contributed by atoms with Crippen LogP contribution >= 0.6 is 11.8 Å². The molecule has 0 aromatic heterocycles. The van der Waals surface area contributed by atoms with Gasteiger partial charge in [0.2, 0.25) is 8.32 Å². The van der Waals surface area contributed by atoms with Gasteiger partial charge in [0, 0.05) is 23.9 Å². The minimum Gasteiger partial charge on any atom is -0.548 e. The Balaban J connectivity index is 2.18. The van der Waals surface area contributed by atoms with Crippen LogP contribution < -0.4 is 5.32 Å². The van der Waals surface area contributed by atoms with Crippen LogP contribution in [0.15, 0.2) is 71.8 Å². The van der Waals surface area contributed by atoms with Crippen molar-refractivity contribution in [3.8, 4) is 0 Å². The van der Waals surface area contributed by atoms with E-state index in [4.69, 9.17) is 4.43 Å². The first-order chi connectivity index (χ1) is 13.7. The van der Waals surface area contributed by atoms with Crippen LogP contribution in [-0.2, 0) is 11.0 Å². The maximum absolute atomic E-state index is 6.44. The van der Waals surface area contributed by atoms with Crippen molar-refractivity contribution in [1.82, 2.24) is 5.32 Å². The number of hydrogen-bond donors (Lipinski definition) is 1. The van der Waals surface area contributed by atoms with E-state index < -0.39 is 8.32 Å². The van der Waals surface area contributed by atoms with Gasteiger partial charge in [-0.2, -0.15) is 0 Å². The Kier molecular flexibility index (Phi) is 9.06. The van der Waals surface area contributed by atoms with Gasteiger partial charge in [0.25, 0.3) is 0 Å². The minimum atomic E-state index is -1.81. The molecule has 0 aliphatic heterocycles. The molecule has 0 saturated heterocycles. The fourth-order valence-electron chi connectivity index (χ4n) is 2.75. The third-order valence-corrected chi connectivity index (χ3v) is 10.9. The second-order valence-corrected chi connectivity index (χ2v) is 15.1. The van der Waals surface area contributed by atoms with Gasteiger partial charge in [0.1, 0.15) is 0 Å². The van der Waals surface area contributed by atoms with E-state index in [9.17, 15) is 0 Å². The Hall–Kier alpha value is -1.49. The van der Waals surface area contributed by atoms with Gasteiger partial charge in [0.05, 0.1) is 6.26 Å². The van der Waals surface area contributed by atoms with Crippen LogP contribution in [0.4, 0.5) is 0 Å². The highest BCUT2D eigenvalue weighted by atomic mass is 32.2. The molecule has 2 nitrogen and oxygen atoms in total. The zero-order chi connectivity index (χ0) is 21.3. The molecule has 0 heterocycles. The van der Waals surface area contributed by atoms with Crippen LogP contribution in [0.1, 0.15) is 51.3 Å². The molecule has 1 N–H and O–H groups in total. The lowest BCUT2D eigenvalue weighted by Gasteiger charge is -2.35. The summed E-state index contributed by atoms with van der Waals surface area (Å²) in [6, 6.07) is 21.6. The Bertz CT molecular complexity index is 753. The summed E-state index contributed by atoms with van der Waals surface area (Å²) >= 11 is 1.89. The summed E-state index contributed by atoms with van der Waals surface area (Å²) in [5.74, 6) is 1.05. The standard InChI is InChI=1S/C25H37NOSSi/c1-7-28-23(20-27-29(5,6)25(2,3)4)18-24(22-16-12-9-13-17-22)26-19-21-14-10-8-11-15-21/h8-17,20,24,26H,7,18-19H2,1-6H3/b23-20-. The summed E-state index contributed by atoms with van der Waals surface area (Å²) in [4.78, 5) is 1.31. The van der Waals surface area contributed by atoms with E-state index in [1.807, 2.05) is 11.8 Å². The predicted molar refractivity (Wildman–Crippen MR) is 132 cm³/mol. The lowest BCUT2D eigenvalue weighted by molar-refractivity contribution is 0.424. The first-order valence-corrected chi connectivity index (χ1v) is 14.4. The summed E-state index contributed by atoms with van der Waals surface area (Å²) < 4.78 is 6.44. The van der Waals surface area contributed by atoms with Crippen LogP contribution in [-0.4, -0.2) is 14.1 Å². The lowest BCUT2D eigenvalue weighted by Crippen LogP contribution is -2.39. The van der Waals surface area contributed by atoms with Gasteiger partial charge < -0.3 is 9.74 Å². The highest BCUT2D eigenvalue weighted by Gasteiger charge is 2.38. The third kappa shape index (κ3) is 7.69. The fourth-order valence-corrected chi connectivity index (χ4v) is 4.39. The zero-order valence-corrected chi connectivity index (χ0v) is 20.7. The quantitative estimate of drug-likeness (QED) is 0.313. The Morgan fingerprint density at radius 2 is 1.62 bits per heavy atom. The molecule has 2 aromatic carbocycles. The SMILES string of the molecule is CCS/C(=C\O[Si](C)(C)C(C)(C)C)CC(NCc1ccccc1)c1ccccc1. The molecule has 29 heavy (non-hydrogen) atoms. The number of benzene rings is 2. The largest absolute Gasteiger partial charge is 0.548 e. The number of rotatable bonds is 10. The summed E-state index contributed by atoms with van der Waals surface area (Å²) in [5, 5.41) is 3.97. The molecule has 2 rings (SSSR count). The molecule has 0 bridgehead atoms. The molecule has 0 radical (unpaired) electrons. The van der Waals surface area contributed by atoms with E-state index in [0.29, 0.717) is 0 Å². The smallest absolute Gasteiger partial charge is 0.249 e. The number of thioether (sulfide) groups is 1. The van der Waals surface area contributed by atoms with Gasteiger partial charge in [-0.15, -0.1) is 11.8 Å². The van der Waals surface area contributed by atoms with Crippen LogP contribution in [0.3, 0.4) is 0 Å². The van der Waals surface area contributed by atoms with Gasteiger partial charge in [-0.3, -0.25) is 0 Å². The maximum Gasteiger partial charge on any atom is 0.249 e. The van der Waals surface area contributed by atoms with Crippen LogP contribution in [0.2, 0.25) is 18.1 Å². The molecule has 1 unspecified atom stereocenters. The van der Waals surface area contributed by atoms with Crippen molar-refractivity contribution in [2.75, 3.05) is 5.75 Å². The average molecular weight is 428 g/mol. The van der Waals surface area contributed by atoms with Crippen molar-refractivity contribution in [1.29, 1.82) is 0 Å².